The monoisotopic (exact) mass is 396 g/mol. The first-order valence-electron chi connectivity index (χ1n) is 5.93. The van der Waals surface area contributed by atoms with E-state index in [-0.39, 0.29) is 0 Å². The number of nitrogen functional groups attached to an aromatic ring is 1. The highest BCUT2D eigenvalue weighted by molar-refractivity contribution is 14.1. The smallest absolute Gasteiger partial charge is 0.405 e. The van der Waals surface area contributed by atoms with Gasteiger partial charge in [0.25, 0.3) is 0 Å². The number of primary amides is 1. The van der Waals surface area contributed by atoms with Crippen LogP contribution in [0.5, 0.6) is 0 Å². The Kier molecular flexibility index (Phi) is 5.73. The number of hydrogen-bond donors (Lipinski definition) is 2. The summed E-state index contributed by atoms with van der Waals surface area (Å²) in [5.41, 5.74) is 12.0. The second-order valence-corrected chi connectivity index (χ2v) is 6.57. The number of hydrogen-bond acceptors (Lipinski definition) is 3. The highest BCUT2D eigenvalue weighted by Crippen LogP contribution is 2.27. The Morgan fingerprint density at radius 1 is 1.47 bits per heavy atom. The van der Waals surface area contributed by atoms with Crippen LogP contribution in [0.1, 0.15) is 32.3 Å². The largest absolute Gasteiger partial charge is 0.444 e. The number of amides is 1. The highest BCUT2D eigenvalue weighted by atomic mass is 127. The molecular formula is C13H18ClIN2O2. The van der Waals surface area contributed by atoms with E-state index in [0.29, 0.717) is 17.1 Å². The molecule has 19 heavy (non-hydrogen) atoms. The summed E-state index contributed by atoms with van der Waals surface area (Å²) >= 11 is 8.33. The van der Waals surface area contributed by atoms with Gasteiger partial charge in [0.1, 0.15) is 5.60 Å². The van der Waals surface area contributed by atoms with Crippen molar-refractivity contribution in [1.82, 2.24) is 0 Å². The predicted molar refractivity (Wildman–Crippen MR) is 86.3 cm³/mol. The van der Waals surface area contributed by atoms with E-state index in [4.69, 9.17) is 27.8 Å². The molecule has 1 aromatic rings. The lowest BCUT2D eigenvalue weighted by molar-refractivity contribution is 0.0378. The molecule has 0 fully saturated rings. The van der Waals surface area contributed by atoms with Crippen molar-refractivity contribution in [2.75, 3.05) is 5.73 Å². The average molecular weight is 397 g/mol. The van der Waals surface area contributed by atoms with Crippen LogP contribution in [0.15, 0.2) is 12.1 Å². The van der Waals surface area contributed by atoms with Crippen molar-refractivity contribution < 1.29 is 9.53 Å². The molecule has 0 aliphatic heterocycles. The van der Waals surface area contributed by atoms with Crippen LogP contribution >= 0.6 is 34.2 Å². The second-order valence-electron chi connectivity index (χ2n) is 5.00. The Balaban J connectivity index is 2.58. The van der Waals surface area contributed by atoms with Crippen molar-refractivity contribution in [1.29, 1.82) is 0 Å². The zero-order valence-corrected chi connectivity index (χ0v) is 13.9. The van der Waals surface area contributed by atoms with Gasteiger partial charge >= 0.3 is 6.09 Å². The molecule has 0 aliphatic carbocycles. The van der Waals surface area contributed by atoms with Crippen LogP contribution in [0.2, 0.25) is 5.02 Å². The Hall–Kier alpha value is -0.690. The van der Waals surface area contributed by atoms with Gasteiger partial charge in [0.05, 0.1) is 0 Å². The molecule has 106 valence electrons. The summed E-state index contributed by atoms with van der Waals surface area (Å²) in [5, 5.41) is 0.673. The molecule has 6 heteroatoms. The van der Waals surface area contributed by atoms with Gasteiger partial charge in [-0.1, -0.05) is 11.6 Å². The van der Waals surface area contributed by atoms with E-state index in [9.17, 15) is 4.79 Å². The van der Waals surface area contributed by atoms with E-state index >= 15 is 0 Å². The van der Waals surface area contributed by atoms with E-state index in [1.165, 1.54) is 0 Å². The van der Waals surface area contributed by atoms with Gasteiger partial charge in [-0.25, -0.2) is 4.79 Å². The molecule has 0 saturated carbocycles. The van der Waals surface area contributed by atoms with Crippen LogP contribution in [0.25, 0.3) is 0 Å². The minimum absolute atomic E-state index is 0.556. The van der Waals surface area contributed by atoms with Crippen molar-refractivity contribution in [3.05, 3.63) is 26.3 Å². The molecule has 4 N–H and O–H groups in total. The number of ether oxygens (including phenoxy) is 1. The number of aryl methyl sites for hydroxylation is 1. The molecule has 1 rings (SSSR count). The molecule has 0 radical (unpaired) electrons. The maximum Gasteiger partial charge on any atom is 0.405 e. The standard InChI is InChI=1S/C13H18ClIN2O2/c1-13(2,19-12(17)18)5-3-4-8-6-10(15)11(16)7-9(8)14/h6-7H,3-5,16H2,1-2H3,(H2,17,18). The Bertz CT molecular complexity index is 478. The fourth-order valence-electron chi connectivity index (χ4n) is 1.82. The Morgan fingerprint density at radius 3 is 2.68 bits per heavy atom. The van der Waals surface area contributed by atoms with Gasteiger partial charge in [-0.15, -0.1) is 0 Å². The number of halogens is 2. The quantitative estimate of drug-likeness (QED) is 0.588. The summed E-state index contributed by atoms with van der Waals surface area (Å²) in [7, 11) is 0. The minimum atomic E-state index is -0.745. The maximum absolute atomic E-state index is 10.7. The molecule has 0 spiro atoms. The molecule has 0 atom stereocenters. The Labute approximate surface area is 132 Å². The molecule has 0 unspecified atom stereocenters. The van der Waals surface area contributed by atoms with Gasteiger partial charge in [0.15, 0.2) is 0 Å². The third kappa shape index (κ3) is 5.44. The summed E-state index contributed by atoms with van der Waals surface area (Å²) in [4.78, 5) is 10.7. The second kappa shape index (κ2) is 6.65. The van der Waals surface area contributed by atoms with Crippen molar-refractivity contribution in [3.63, 3.8) is 0 Å². The number of rotatable bonds is 5. The first-order chi connectivity index (χ1) is 8.71. The lowest BCUT2D eigenvalue weighted by Gasteiger charge is -2.23. The van der Waals surface area contributed by atoms with E-state index in [2.05, 4.69) is 22.6 Å². The molecule has 1 amide bonds. The minimum Gasteiger partial charge on any atom is -0.444 e. The molecular weight excluding hydrogens is 379 g/mol. The third-order valence-corrected chi connectivity index (χ3v) is 4.05. The average Bonchev–Trinajstić information content (AvgIpc) is 2.23. The van der Waals surface area contributed by atoms with E-state index in [1.807, 2.05) is 19.9 Å². The molecule has 0 aliphatic rings. The normalized spacial score (nSPS) is 11.4. The fraction of sp³-hybridized carbons (Fsp3) is 0.462. The van der Waals surface area contributed by atoms with E-state index in [0.717, 1.165) is 22.0 Å². The van der Waals surface area contributed by atoms with Crippen LogP contribution in [0, 0.1) is 3.57 Å². The summed E-state index contributed by atoms with van der Waals surface area (Å²) in [6.45, 7) is 3.68. The van der Waals surface area contributed by atoms with Crippen LogP contribution in [0.3, 0.4) is 0 Å². The lowest BCUT2D eigenvalue weighted by atomic mass is 9.98. The number of anilines is 1. The first-order valence-corrected chi connectivity index (χ1v) is 7.39. The molecule has 4 nitrogen and oxygen atoms in total. The van der Waals surface area contributed by atoms with Crippen molar-refractivity contribution in [2.45, 2.75) is 38.7 Å². The molecule has 0 heterocycles. The first kappa shape index (κ1) is 16.4. The van der Waals surface area contributed by atoms with Crippen LogP contribution in [-0.4, -0.2) is 11.7 Å². The number of carbonyl (C=O) groups is 1. The van der Waals surface area contributed by atoms with E-state index < -0.39 is 11.7 Å². The number of benzene rings is 1. The summed E-state index contributed by atoms with van der Waals surface area (Å²) in [6.07, 6.45) is 1.62. The SMILES string of the molecule is CC(C)(CCCc1cc(I)c(N)cc1Cl)OC(N)=O. The third-order valence-electron chi connectivity index (χ3n) is 2.77. The molecule has 0 aromatic heterocycles. The topological polar surface area (TPSA) is 78.3 Å². The van der Waals surface area contributed by atoms with Gasteiger partial charge in [0.2, 0.25) is 0 Å². The van der Waals surface area contributed by atoms with Crippen molar-refractivity contribution in [2.24, 2.45) is 5.73 Å². The van der Waals surface area contributed by atoms with Gasteiger partial charge in [-0.05, 0) is 73.4 Å². The highest BCUT2D eigenvalue weighted by Gasteiger charge is 2.21. The molecule has 0 bridgehead atoms. The molecule has 1 aromatic carbocycles. The van der Waals surface area contributed by atoms with Crippen molar-refractivity contribution >= 4 is 46.0 Å². The molecule has 0 saturated heterocycles. The fourth-order valence-corrected chi connectivity index (χ4v) is 2.62. The zero-order valence-electron chi connectivity index (χ0n) is 11.0. The number of carbonyl (C=O) groups excluding carboxylic acids is 1. The summed E-state index contributed by atoms with van der Waals surface area (Å²) in [5.74, 6) is 0. The van der Waals surface area contributed by atoms with Crippen LogP contribution in [0.4, 0.5) is 10.5 Å². The van der Waals surface area contributed by atoms with E-state index in [1.54, 1.807) is 6.07 Å². The number of nitrogens with two attached hydrogens (primary N) is 2. The van der Waals surface area contributed by atoms with Gasteiger partial charge < -0.3 is 16.2 Å². The van der Waals surface area contributed by atoms with Crippen molar-refractivity contribution in [3.8, 4) is 0 Å². The zero-order chi connectivity index (χ0) is 14.6. The summed E-state index contributed by atoms with van der Waals surface area (Å²) in [6, 6.07) is 3.75. The predicted octanol–water partition coefficient (Wildman–Crippen LogP) is 3.72. The van der Waals surface area contributed by atoms with Crippen LogP contribution < -0.4 is 11.5 Å². The lowest BCUT2D eigenvalue weighted by Crippen LogP contribution is -2.31. The van der Waals surface area contributed by atoms with Gasteiger partial charge in [-0.2, -0.15) is 0 Å². The Morgan fingerprint density at radius 2 is 2.11 bits per heavy atom. The maximum atomic E-state index is 10.7. The van der Waals surface area contributed by atoms with Gasteiger partial charge in [0, 0.05) is 14.3 Å². The van der Waals surface area contributed by atoms with Gasteiger partial charge in [-0.3, -0.25) is 0 Å². The summed E-state index contributed by atoms with van der Waals surface area (Å²) < 4.78 is 6.02. The van der Waals surface area contributed by atoms with Crippen LogP contribution in [-0.2, 0) is 11.2 Å².